The van der Waals surface area contributed by atoms with Crippen LogP contribution < -0.4 is 5.73 Å². The Kier molecular flexibility index (Phi) is 6.20. The molecule has 0 spiro atoms. The largest absolute Gasteiger partial charge is 0.374 e. The minimum Gasteiger partial charge on any atom is -0.374 e. The number of morpholine rings is 1. The van der Waals surface area contributed by atoms with E-state index in [0.29, 0.717) is 19.7 Å². The number of hydrogen-bond acceptors (Lipinski definition) is 4. The first-order valence-electron chi connectivity index (χ1n) is 7.65. The summed E-state index contributed by atoms with van der Waals surface area (Å²) < 4.78 is 5.54. The summed E-state index contributed by atoms with van der Waals surface area (Å²) in [7, 11) is 0. The van der Waals surface area contributed by atoms with E-state index in [2.05, 4.69) is 23.1 Å². The zero-order valence-electron chi connectivity index (χ0n) is 12.7. The number of fused-ring (bicyclic) bond motifs is 1. The lowest BCUT2D eigenvalue weighted by Crippen LogP contribution is -2.50. The molecule has 1 fully saturated rings. The van der Waals surface area contributed by atoms with E-state index in [-0.39, 0.29) is 24.4 Å². The molecule has 3 rings (SSSR count). The van der Waals surface area contributed by atoms with Gasteiger partial charge >= 0.3 is 0 Å². The number of carbonyl (C=O) groups excluding carboxylic acids is 1. The first kappa shape index (κ1) is 17.2. The van der Waals surface area contributed by atoms with Crippen LogP contribution >= 0.6 is 12.4 Å². The van der Waals surface area contributed by atoms with Crippen molar-refractivity contribution in [3.05, 3.63) is 35.4 Å². The molecular weight excluding hydrogens is 302 g/mol. The lowest BCUT2D eigenvalue weighted by Gasteiger charge is -2.34. The van der Waals surface area contributed by atoms with Crippen molar-refractivity contribution >= 4 is 18.3 Å². The summed E-state index contributed by atoms with van der Waals surface area (Å²) in [5.41, 5.74) is 8.29. The Balaban J connectivity index is 0.00000176. The molecule has 0 bridgehead atoms. The van der Waals surface area contributed by atoms with Crippen LogP contribution in [0, 0.1) is 0 Å². The molecule has 1 aromatic rings. The van der Waals surface area contributed by atoms with Crippen molar-refractivity contribution in [3.63, 3.8) is 0 Å². The van der Waals surface area contributed by atoms with E-state index in [9.17, 15) is 4.79 Å². The van der Waals surface area contributed by atoms with Gasteiger partial charge in [-0.1, -0.05) is 24.3 Å². The minimum atomic E-state index is 0. The second-order valence-corrected chi connectivity index (χ2v) is 5.80. The Morgan fingerprint density at radius 2 is 2.05 bits per heavy atom. The SMILES string of the molecule is Cl.NCC1CN(CC(=O)N2CCc3ccccc3C2)CCO1. The highest BCUT2D eigenvalue weighted by molar-refractivity contribution is 5.85. The van der Waals surface area contributed by atoms with E-state index in [1.165, 1.54) is 11.1 Å². The van der Waals surface area contributed by atoms with Crippen molar-refractivity contribution in [2.75, 3.05) is 39.3 Å². The zero-order valence-corrected chi connectivity index (χ0v) is 13.6. The van der Waals surface area contributed by atoms with Crippen LogP contribution in [-0.4, -0.2) is 61.1 Å². The maximum Gasteiger partial charge on any atom is 0.237 e. The van der Waals surface area contributed by atoms with Crippen LogP contribution in [0.25, 0.3) is 0 Å². The van der Waals surface area contributed by atoms with Gasteiger partial charge in [0.1, 0.15) is 0 Å². The van der Waals surface area contributed by atoms with Gasteiger partial charge in [0, 0.05) is 32.7 Å². The second kappa shape index (κ2) is 7.92. The fourth-order valence-electron chi connectivity index (χ4n) is 3.07. The van der Waals surface area contributed by atoms with Crippen LogP contribution in [-0.2, 0) is 22.5 Å². The number of ether oxygens (including phenoxy) is 1. The van der Waals surface area contributed by atoms with Crippen molar-refractivity contribution in [2.45, 2.75) is 19.1 Å². The lowest BCUT2D eigenvalue weighted by atomic mass is 10.00. The Morgan fingerprint density at radius 1 is 1.27 bits per heavy atom. The van der Waals surface area contributed by atoms with E-state index in [1.54, 1.807) is 0 Å². The van der Waals surface area contributed by atoms with Gasteiger partial charge in [-0.15, -0.1) is 12.4 Å². The van der Waals surface area contributed by atoms with Gasteiger partial charge in [0.2, 0.25) is 5.91 Å². The Morgan fingerprint density at radius 3 is 2.82 bits per heavy atom. The van der Waals surface area contributed by atoms with Gasteiger partial charge in [0.15, 0.2) is 0 Å². The maximum atomic E-state index is 12.5. The number of hydrogen-bond donors (Lipinski definition) is 1. The molecule has 22 heavy (non-hydrogen) atoms. The molecule has 2 aliphatic rings. The fourth-order valence-corrected chi connectivity index (χ4v) is 3.07. The summed E-state index contributed by atoms with van der Waals surface area (Å²) in [6.07, 6.45) is 1.02. The molecule has 122 valence electrons. The van der Waals surface area contributed by atoms with Gasteiger partial charge in [-0.2, -0.15) is 0 Å². The summed E-state index contributed by atoms with van der Waals surface area (Å²) in [5, 5.41) is 0. The molecule has 2 aliphatic heterocycles. The number of benzene rings is 1. The van der Waals surface area contributed by atoms with E-state index in [0.717, 1.165) is 32.6 Å². The molecule has 2 heterocycles. The van der Waals surface area contributed by atoms with Crippen LogP contribution in [0.2, 0.25) is 0 Å². The van der Waals surface area contributed by atoms with Gasteiger partial charge in [-0.25, -0.2) is 0 Å². The molecule has 0 saturated carbocycles. The number of carbonyl (C=O) groups is 1. The fraction of sp³-hybridized carbons (Fsp3) is 0.562. The zero-order chi connectivity index (χ0) is 14.7. The van der Waals surface area contributed by atoms with Gasteiger partial charge in [-0.3, -0.25) is 9.69 Å². The third kappa shape index (κ3) is 3.98. The molecule has 1 aromatic carbocycles. The van der Waals surface area contributed by atoms with Crippen LogP contribution in [0.1, 0.15) is 11.1 Å². The molecule has 6 heteroatoms. The number of nitrogens with zero attached hydrogens (tertiary/aromatic N) is 2. The van der Waals surface area contributed by atoms with E-state index < -0.39 is 0 Å². The first-order chi connectivity index (χ1) is 10.3. The third-order valence-electron chi connectivity index (χ3n) is 4.33. The minimum absolute atomic E-state index is 0. The highest BCUT2D eigenvalue weighted by Crippen LogP contribution is 2.18. The van der Waals surface area contributed by atoms with Crippen molar-refractivity contribution in [2.24, 2.45) is 5.73 Å². The van der Waals surface area contributed by atoms with Crippen molar-refractivity contribution in [1.29, 1.82) is 0 Å². The second-order valence-electron chi connectivity index (χ2n) is 5.80. The van der Waals surface area contributed by atoms with E-state index >= 15 is 0 Å². The highest BCUT2D eigenvalue weighted by atomic mass is 35.5. The Bertz CT molecular complexity index is 512. The number of halogens is 1. The highest BCUT2D eigenvalue weighted by Gasteiger charge is 2.25. The van der Waals surface area contributed by atoms with Crippen LogP contribution in [0.5, 0.6) is 0 Å². The summed E-state index contributed by atoms with van der Waals surface area (Å²) in [6.45, 7) is 4.78. The molecule has 2 N–H and O–H groups in total. The monoisotopic (exact) mass is 325 g/mol. The van der Waals surface area contributed by atoms with E-state index in [4.69, 9.17) is 10.5 Å². The van der Waals surface area contributed by atoms with Crippen LogP contribution in [0.15, 0.2) is 24.3 Å². The van der Waals surface area contributed by atoms with Crippen molar-refractivity contribution < 1.29 is 9.53 Å². The average molecular weight is 326 g/mol. The molecule has 0 radical (unpaired) electrons. The Hall–Kier alpha value is -1.14. The number of amides is 1. The third-order valence-corrected chi connectivity index (χ3v) is 4.33. The topological polar surface area (TPSA) is 58.8 Å². The predicted octanol–water partition coefficient (Wildman–Crippen LogP) is 0.653. The summed E-state index contributed by atoms with van der Waals surface area (Å²) in [6, 6.07) is 8.39. The molecule has 1 atom stereocenters. The Labute approximate surface area is 137 Å². The molecule has 0 aliphatic carbocycles. The number of nitrogens with two attached hydrogens (primary N) is 1. The molecule has 1 amide bonds. The van der Waals surface area contributed by atoms with Crippen LogP contribution in [0.4, 0.5) is 0 Å². The van der Waals surface area contributed by atoms with Crippen LogP contribution in [0.3, 0.4) is 0 Å². The quantitative estimate of drug-likeness (QED) is 0.886. The predicted molar refractivity (Wildman–Crippen MR) is 88.0 cm³/mol. The maximum absolute atomic E-state index is 12.5. The molecule has 1 unspecified atom stereocenters. The molecular formula is C16H24ClN3O2. The summed E-state index contributed by atoms with van der Waals surface area (Å²) in [4.78, 5) is 16.6. The molecule has 0 aromatic heterocycles. The summed E-state index contributed by atoms with van der Waals surface area (Å²) in [5.74, 6) is 0.210. The van der Waals surface area contributed by atoms with Crippen molar-refractivity contribution in [1.82, 2.24) is 9.80 Å². The smallest absolute Gasteiger partial charge is 0.237 e. The van der Waals surface area contributed by atoms with Crippen molar-refractivity contribution in [3.8, 4) is 0 Å². The van der Waals surface area contributed by atoms with Gasteiger partial charge in [0.25, 0.3) is 0 Å². The average Bonchev–Trinajstić information content (AvgIpc) is 2.54. The normalized spacial score (nSPS) is 21.9. The summed E-state index contributed by atoms with van der Waals surface area (Å²) >= 11 is 0. The standard InChI is InChI=1S/C16H23N3O2.ClH/c17-9-15-11-18(7-8-21-15)12-16(20)19-6-5-13-3-1-2-4-14(13)10-19;/h1-4,15H,5-12,17H2;1H. The van der Waals surface area contributed by atoms with Gasteiger partial charge in [0.05, 0.1) is 19.3 Å². The lowest BCUT2D eigenvalue weighted by molar-refractivity contribution is -0.135. The van der Waals surface area contributed by atoms with Gasteiger partial charge < -0.3 is 15.4 Å². The molecule has 5 nitrogen and oxygen atoms in total. The van der Waals surface area contributed by atoms with E-state index in [1.807, 2.05) is 11.0 Å². The molecule has 1 saturated heterocycles. The number of rotatable bonds is 3. The van der Waals surface area contributed by atoms with Gasteiger partial charge in [-0.05, 0) is 17.5 Å². The first-order valence-corrected chi connectivity index (χ1v) is 7.65.